The average molecular weight is 474 g/mol. The molecule has 0 aliphatic carbocycles. The van der Waals surface area contributed by atoms with Gasteiger partial charge in [0.1, 0.15) is 12.2 Å². The van der Waals surface area contributed by atoms with Crippen molar-refractivity contribution in [2.45, 2.75) is 105 Å². The number of hydrogen-bond acceptors (Lipinski definition) is 6. The molecule has 0 bridgehead atoms. The molecule has 0 spiro atoms. The predicted octanol–water partition coefficient (Wildman–Crippen LogP) is 4.26. The fraction of sp³-hybridized carbons (Fsp3) is 0.909. The second kappa shape index (κ2) is 15.6. The fourth-order valence-electron chi connectivity index (χ4n) is 3.42. The van der Waals surface area contributed by atoms with Crippen molar-refractivity contribution >= 4 is 51.6 Å². The SMILES string of the molecule is CC(C)CC(CC(C)C)OC(=O)CC(C(=O)OC(CC(C)C)CC(C)C)S(=O)(=O)O.[Na]. The van der Waals surface area contributed by atoms with E-state index in [1.807, 2.05) is 55.4 Å². The molecule has 0 aliphatic rings. The van der Waals surface area contributed by atoms with Gasteiger partial charge in [-0.25, -0.2) is 0 Å². The summed E-state index contributed by atoms with van der Waals surface area (Å²) in [5.74, 6) is -0.879. The van der Waals surface area contributed by atoms with Gasteiger partial charge in [0, 0.05) is 29.6 Å². The minimum atomic E-state index is -4.82. The van der Waals surface area contributed by atoms with Crippen LogP contribution in [0.3, 0.4) is 0 Å². The van der Waals surface area contributed by atoms with Crippen LogP contribution in [-0.2, 0) is 29.2 Å². The molecular weight excluding hydrogens is 431 g/mol. The van der Waals surface area contributed by atoms with Crippen LogP contribution in [0.4, 0.5) is 0 Å². The third-order valence-electron chi connectivity index (χ3n) is 4.49. The Morgan fingerprint density at radius 2 is 1.03 bits per heavy atom. The molecule has 0 saturated carbocycles. The van der Waals surface area contributed by atoms with E-state index in [0.29, 0.717) is 25.7 Å². The maximum atomic E-state index is 12.6. The number of hydrogen-bond donors (Lipinski definition) is 1. The van der Waals surface area contributed by atoms with E-state index in [1.165, 1.54) is 0 Å². The van der Waals surface area contributed by atoms with Crippen molar-refractivity contribution in [1.82, 2.24) is 0 Å². The molecule has 0 aromatic carbocycles. The number of ether oxygens (including phenoxy) is 2. The molecule has 0 saturated heterocycles. The molecule has 7 nitrogen and oxygen atoms in total. The predicted molar refractivity (Wildman–Crippen MR) is 123 cm³/mol. The van der Waals surface area contributed by atoms with Gasteiger partial charge < -0.3 is 9.47 Å². The molecule has 179 valence electrons. The van der Waals surface area contributed by atoms with Gasteiger partial charge in [-0.05, 0) is 49.4 Å². The van der Waals surface area contributed by atoms with Gasteiger partial charge in [0.2, 0.25) is 0 Å². The van der Waals surface area contributed by atoms with Crippen LogP contribution in [-0.4, -0.2) is 71.9 Å². The number of esters is 2. The van der Waals surface area contributed by atoms with E-state index in [9.17, 15) is 22.6 Å². The van der Waals surface area contributed by atoms with Gasteiger partial charge in [-0.1, -0.05) is 55.4 Å². The van der Waals surface area contributed by atoms with Crippen molar-refractivity contribution in [3.63, 3.8) is 0 Å². The van der Waals surface area contributed by atoms with Crippen molar-refractivity contribution < 1.29 is 32.0 Å². The molecule has 31 heavy (non-hydrogen) atoms. The zero-order valence-electron chi connectivity index (χ0n) is 20.9. The van der Waals surface area contributed by atoms with Crippen molar-refractivity contribution in [2.75, 3.05) is 0 Å². The largest absolute Gasteiger partial charge is 0.462 e. The van der Waals surface area contributed by atoms with Crippen LogP contribution in [0.25, 0.3) is 0 Å². The van der Waals surface area contributed by atoms with Crippen LogP contribution < -0.4 is 0 Å². The summed E-state index contributed by atoms with van der Waals surface area (Å²) >= 11 is 0. The van der Waals surface area contributed by atoms with Crippen molar-refractivity contribution in [3.05, 3.63) is 0 Å². The van der Waals surface area contributed by atoms with Crippen molar-refractivity contribution in [1.29, 1.82) is 0 Å². The first-order valence-corrected chi connectivity index (χ1v) is 12.5. The Hall–Kier alpha value is -0.150. The molecule has 1 unspecified atom stereocenters. The van der Waals surface area contributed by atoms with Gasteiger partial charge >= 0.3 is 11.9 Å². The molecule has 0 amide bonds. The van der Waals surface area contributed by atoms with E-state index in [1.54, 1.807) is 0 Å². The Kier molecular flexibility index (Phi) is 16.7. The second-order valence-electron chi connectivity index (χ2n) is 9.90. The normalized spacial score (nSPS) is 13.3. The standard InChI is InChI=1S/C22H42O7S.Na/c1-14(2)9-18(10-15(3)4)28-21(23)13-20(30(25,26)27)22(24)29-19(11-16(5)6)12-17(7)8;/h14-20H,9-13H2,1-8H3,(H,25,26,27);. The van der Waals surface area contributed by atoms with Gasteiger partial charge in [0.05, 0.1) is 6.42 Å². The van der Waals surface area contributed by atoms with Gasteiger partial charge in [-0.2, -0.15) is 8.42 Å². The minimum Gasteiger partial charge on any atom is -0.462 e. The van der Waals surface area contributed by atoms with E-state index in [-0.39, 0.29) is 59.3 Å². The Labute approximate surface area is 211 Å². The summed E-state index contributed by atoms with van der Waals surface area (Å²) in [4.78, 5) is 25.0. The van der Waals surface area contributed by atoms with E-state index in [0.717, 1.165) is 0 Å². The molecule has 1 radical (unpaired) electrons. The summed E-state index contributed by atoms with van der Waals surface area (Å²) in [6, 6.07) is 0. The number of rotatable bonds is 14. The molecular formula is C22H42NaO7S. The molecule has 0 fully saturated rings. The molecule has 0 rings (SSSR count). The van der Waals surface area contributed by atoms with Gasteiger partial charge in [0.25, 0.3) is 10.1 Å². The third kappa shape index (κ3) is 16.2. The molecule has 1 N–H and O–H groups in total. The summed E-state index contributed by atoms with van der Waals surface area (Å²) in [6.07, 6.45) is 0.790. The van der Waals surface area contributed by atoms with Crippen LogP contribution in [0, 0.1) is 23.7 Å². The monoisotopic (exact) mass is 473 g/mol. The van der Waals surface area contributed by atoms with Crippen LogP contribution in [0.15, 0.2) is 0 Å². The number of carbonyl (C=O) groups is 2. The third-order valence-corrected chi connectivity index (χ3v) is 5.57. The molecule has 0 aliphatic heterocycles. The smallest absolute Gasteiger partial charge is 0.327 e. The first-order valence-electron chi connectivity index (χ1n) is 11.0. The Morgan fingerprint density at radius 3 is 1.32 bits per heavy atom. The van der Waals surface area contributed by atoms with Gasteiger partial charge in [0.15, 0.2) is 5.25 Å². The van der Waals surface area contributed by atoms with Crippen LogP contribution >= 0.6 is 0 Å². The van der Waals surface area contributed by atoms with Crippen LogP contribution in [0.5, 0.6) is 0 Å². The van der Waals surface area contributed by atoms with Crippen molar-refractivity contribution in [3.8, 4) is 0 Å². The summed E-state index contributed by atoms with van der Waals surface area (Å²) < 4.78 is 44.1. The Bertz CT molecular complexity index is 610. The van der Waals surface area contributed by atoms with Crippen molar-refractivity contribution in [2.24, 2.45) is 23.7 Å². The molecule has 0 aromatic rings. The van der Waals surface area contributed by atoms with E-state index in [2.05, 4.69) is 0 Å². The fourth-order valence-corrected chi connectivity index (χ4v) is 4.07. The molecule has 0 heterocycles. The maximum absolute atomic E-state index is 12.6. The van der Waals surface area contributed by atoms with E-state index >= 15 is 0 Å². The zero-order valence-corrected chi connectivity index (χ0v) is 23.7. The van der Waals surface area contributed by atoms with Crippen LogP contribution in [0.2, 0.25) is 0 Å². The summed E-state index contributed by atoms with van der Waals surface area (Å²) in [6.45, 7) is 15.9. The topological polar surface area (TPSA) is 107 Å². The number of carbonyl (C=O) groups excluding carboxylic acids is 2. The first-order chi connectivity index (χ1) is 13.6. The molecule has 1 atom stereocenters. The summed E-state index contributed by atoms with van der Waals surface area (Å²) in [7, 11) is -4.82. The van der Waals surface area contributed by atoms with E-state index < -0.39 is 39.8 Å². The quantitative estimate of drug-likeness (QED) is 0.228. The average Bonchev–Trinajstić information content (AvgIpc) is 2.48. The van der Waals surface area contributed by atoms with E-state index in [4.69, 9.17) is 9.47 Å². The first kappa shape index (κ1) is 33.0. The van der Waals surface area contributed by atoms with Gasteiger partial charge in [-0.15, -0.1) is 0 Å². The maximum Gasteiger partial charge on any atom is 0.327 e. The van der Waals surface area contributed by atoms with Gasteiger partial charge in [-0.3, -0.25) is 14.1 Å². The Balaban J connectivity index is 0. The summed E-state index contributed by atoms with van der Waals surface area (Å²) in [5, 5.41) is -1.98. The Morgan fingerprint density at radius 1 is 0.710 bits per heavy atom. The zero-order chi connectivity index (χ0) is 23.6. The summed E-state index contributed by atoms with van der Waals surface area (Å²) in [5.41, 5.74) is 0. The second-order valence-corrected chi connectivity index (χ2v) is 11.5. The molecule has 9 heteroatoms. The molecule has 0 aromatic heterocycles. The van der Waals surface area contributed by atoms with Crippen LogP contribution in [0.1, 0.15) is 87.5 Å². The minimum absolute atomic E-state index is 0.